The van der Waals surface area contributed by atoms with Crippen molar-refractivity contribution in [3.8, 4) is 5.69 Å². The molecule has 0 unspecified atom stereocenters. The summed E-state index contributed by atoms with van der Waals surface area (Å²) in [4.78, 5) is 56.2. The van der Waals surface area contributed by atoms with E-state index < -0.39 is 17.7 Å². The Morgan fingerprint density at radius 3 is 2.39 bits per heavy atom. The highest BCUT2D eigenvalue weighted by Gasteiger charge is 2.51. The Kier molecular flexibility index (Phi) is 6.88. The number of carbonyl (C=O) groups excluding carboxylic acids is 3. The van der Waals surface area contributed by atoms with Gasteiger partial charge in [0.15, 0.2) is 0 Å². The van der Waals surface area contributed by atoms with Crippen molar-refractivity contribution in [1.82, 2.24) is 25.1 Å². The molecule has 2 aromatic carbocycles. The number of pyridine rings is 1. The summed E-state index contributed by atoms with van der Waals surface area (Å²) in [5.74, 6) is -1.06. The van der Waals surface area contributed by atoms with Crippen LogP contribution in [0.25, 0.3) is 16.6 Å². The van der Waals surface area contributed by atoms with Crippen molar-refractivity contribution < 1.29 is 19.5 Å². The number of aromatic nitrogens is 2. The molecule has 1 saturated heterocycles. The van der Waals surface area contributed by atoms with Gasteiger partial charge in [-0.3, -0.25) is 23.7 Å². The highest BCUT2D eigenvalue weighted by atomic mass is 35.5. The number of aliphatic hydroxyl groups is 1. The van der Waals surface area contributed by atoms with Gasteiger partial charge in [-0.25, -0.2) is 0 Å². The zero-order valence-electron chi connectivity index (χ0n) is 22.0. The Bertz CT molecular complexity index is 1710. The number of rotatable bonds is 6. The number of amides is 3. The van der Waals surface area contributed by atoms with Crippen LogP contribution in [-0.4, -0.2) is 68.1 Å². The summed E-state index contributed by atoms with van der Waals surface area (Å²) in [7, 11) is 0. The van der Waals surface area contributed by atoms with Crippen LogP contribution < -0.4 is 16.2 Å². The van der Waals surface area contributed by atoms with Crippen LogP contribution in [0.5, 0.6) is 0 Å². The number of nitrogens with zero attached hydrogens (tertiary/aromatic N) is 2. The largest absolute Gasteiger partial charge is 0.380 e. The van der Waals surface area contributed by atoms with Crippen molar-refractivity contribution >= 4 is 40.2 Å². The molecule has 1 aliphatic heterocycles. The fourth-order valence-corrected chi connectivity index (χ4v) is 5.45. The predicted octanol–water partition coefficient (Wildman–Crippen LogP) is 2.63. The molecule has 0 spiro atoms. The maximum atomic E-state index is 13.3. The van der Waals surface area contributed by atoms with Gasteiger partial charge in [0.05, 0.1) is 17.1 Å². The molecule has 41 heavy (non-hydrogen) atoms. The fourth-order valence-electron chi connectivity index (χ4n) is 5.23. The number of likely N-dealkylation sites (tertiary alicyclic amines) is 1. The van der Waals surface area contributed by atoms with Gasteiger partial charge in [0.1, 0.15) is 5.60 Å². The van der Waals surface area contributed by atoms with Gasteiger partial charge in [-0.05, 0) is 61.7 Å². The van der Waals surface area contributed by atoms with Crippen molar-refractivity contribution in [3.63, 3.8) is 0 Å². The van der Waals surface area contributed by atoms with E-state index in [0.717, 1.165) is 10.9 Å². The molecule has 1 aliphatic carbocycles. The molecule has 2 fully saturated rings. The first-order chi connectivity index (χ1) is 19.7. The molecule has 0 radical (unpaired) electrons. The smallest absolute Gasteiger partial charge is 0.255 e. The molecule has 2 atom stereocenters. The van der Waals surface area contributed by atoms with E-state index in [2.05, 4.69) is 15.6 Å². The van der Waals surface area contributed by atoms with E-state index in [4.69, 9.17) is 11.6 Å². The number of aromatic amines is 1. The van der Waals surface area contributed by atoms with Crippen molar-refractivity contribution in [3.05, 3.63) is 99.6 Å². The Morgan fingerprint density at radius 2 is 1.66 bits per heavy atom. The van der Waals surface area contributed by atoms with Gasteiger partial charge in [-0.1, -0.05) is 23.7 Å². The molecule has 0 bridgehead atoms. The van der Waals surface area contributed by atoms with Gasteiger partial charge in [0.2, 0.25) is 0 Å². The third-order valence-corrected chi connectivity index (χ3v) is 8.09. The molecule has 210 valence electrons. The van der Waals surface area contributed by atoms with Gasteiger partial charge >= 0.3 is 0 Å². The fraction of sp³-hybridized carbons (Fsp3) is 0.267. The Hall–Kier alpha value is -4.41. The molecular weight excluding hydrogens is 546 g/mol. The lowest BCUT2D eigenvalue weighted by Crippen LogP contribution is -2.62. The van der Waals surface area contributed by atoms with E-state index in [-0.39, 0.29) is 29.8 Å². The van der Waals surface area contributed by atoms with Crippen molar-refractivity contribution in [2.45, 2.75) is 36.9 Å². The summed E-state index contributed by atoms with van der Waals surface area (Å²) in [6, 6.07) is 15.6. The minimum Gasteiger partial charge on any atom is -0.380 e. The average Bonchev–Trinajstić information content (AvgIpc) is 3.64. The summed E-state index contributed by atoms with van der Waals surface area (Å²) in [6.45, 7) is 0.477. The van der Waals surface area contributed by atoms with Crippen LogP contribution in [0.4, 0.5) is 0 Å². The first-order valence-corrected chi connectivity index (χ1v) is 13.8. The Morgan fingerprint density at radius 1 is 0.951 bits per heavy atom. The van der Waals surface area contributed by atoms with Crippen molar-refractivity contribution in [1.29, 1.82) is 0 Å². The van der Waals surface area contributed by atoms with E-state index >= 15 is 0 Å². The molecule has 2 aliphatic rings. The molecule has 3 amide bonds. The summed E-state index contributed by atoms with van der Waals surface area (Å²) in [6.07, 6.45) is 4.53. The first kappa shape index (κ1) is 26.8. The van der Waals surface area contributed by atoms with Crippen LogP contribution in [0.3, 0.4) is 0 Å². The summed E-state index contributed by atoms with van der Waals surface area (Å²) < 4.78 is 1.47. The minimum atomic E-state index is -1.33. The van der Waals surface area contributed by atoms with Gasteiger partial charge < -0.3 is 25.6 Å². The number of piperidine rings is 1. The van der Waals surface area contributed by atoms with E-state index in [1.54, 1.807) is 71.9 Å². The third kappa shape index (κ3) is 5.36. The quantitative estimate of drug-likeness (QED) is 0.281. The Labute approximate surface area is 239 Å². The van der Waals surface area contributed by atoms with E-state index in [1.807, 2.05) is 0 Å². The minimum absolute atomic E-state index is 0.139. The molecular formula is C30H28ClN5O5. The maximum absolute atomic E-state index is 13.3. The monoisotopic (exact) mass is 573 g/mol. The number of halogens is 1. The van der Waals surface area contributed by atoms with Crippen LogP contribution in [0, 0.1) is 0 Å². The number of benzene rings is 2. The van der Waals surface area contributed by atoms with Crippen molar-refractivity contribution in [2.75, 3.05) is 13.1 Å². The lowest BCUT2D eigenvalue weighted by atomic mass is 9.97. The van der Waals surface area contributed by atoms with Crippen LogP contribution >= 0.6 is 11.6 Å². The molecule has 11 heteroatoms. The number of hydrogen-bond donors (Lipinski definition) is 4. The van der Waals surface area contributed by atoms with E-state index in [1.165, 1.54) is 10.6 Å². The Balaban J connectivity index is 1.20. The second-order valence-electron chi connectivity index (χ2n) is 10.6. The lowest BCUT2D eigenvalue weighted by Gasteiger charge is -2.40. The summed E-state index contributed by atoms with van der Waals surface area (Å²) in [5.41, 5.74) is 0.616. The third-order valence-electron chi connectivity index (χ3n) is 7.78. The molecule has 4 aromatic rings. The molecule has 2 aromatic heterocycles. The number of fused-ring (bicyclic) bond motifs is 1. The normalized spacial score (nSPS) is 19.5. The highest BCUT2D eigenvalue weighted by molar-refractivity contribution is 6.35. The molecule has 10 nitrogen and oxygen atoms in total. The van der Waals surface area contributed by atoms with Crippen LogP contribution in [0.1, 0.15) is 40.0 Å². The maximum Gasteiger partial charge on any atom is 0.255 e. The van der Waals surface area contributed by atoms with Gasteiger partial charge in [0, 0.05) is 59.3 Å². The molecule has 6 rings (SSSR count). The van der Waals surface area contributed by atoms with Gasteiger partial charge in [-0.2, -0.15) is 0 Å². The van der Waals surface area contributed by atoms with Gasteiger partial charge in [0.25, 0.3) is 23.3 Å². The lowest BCUT2D eigenvalue weighted by molar-refractivity contribution is -0.144. The van der Waals surface area contributed by atoms with E-state index in [9.17, 15) is 24.3 Å². The molecule has 3 heterocycles. The second kappa shape index (κ2) is 10.5. The van der Waals surface area contributed by atoms with Gasteiger partial charge in [-0.15, -0.1) is 0 Å². The zero-order chi connectivity index (χ0) is 28.7. The molecule has 1 saturated carbocycles. The summed E-state index contributed by atoms with van der Waals surface area (Å²) in [5, 5.41) is 17.8. The predicted molar refractivity (Wildman–Crippen MR) is 153 cm³/mol. The number of nitrogens with one attached hydrogen (secondary N) is 3. The average molecular weight is 574 g/mol. The SMILES string of the molecule is O=C(N[C@H]1CN(C(=O)C2(O)CC2)CC[C@H]1NC(=O)c1ccc2c(Cl)c[nH]c2c1)c1ccc(-n2ccccc2=O)cc1. The van der Waals surface area contributed by atoms with Crippen LogP contribution in [-0.2, 0) is 4.79 Å². The topological polar surface area (TPSA) is 137 Å². The number of carbonyl (C=O) groups is 3. The first-order valence-electron chi connectivity index (χ1n) is 13.4. The highest BCUT2D eigenvalue weighted by Crippen LogP contribution is 2.37. The summed E-state index contributed by atoms with van der Waals surface area (Å²) >= 11 is 6.16. The van der Waals surface area contributed by atoms with Crippen LogP contribution in [0.15, 0.2) is 77.9 Å². The standard InChI is InChI=1S/C30H28ClN5O5/c31-22-16-32-24-15-19(6-9-21(22)24)28(39)33-23-10-14-35(29(40)30(41)11-12-30)17-25(23)34-27(38)18-4-7-20(8-5-18)36-13-2-1-3-26(36)37/h1-9,13,15-16,23,25,32,41H,10-12,14,17H2,(H,33,39)(H,34,38)/t23-,25+/m1/s1. The second-order valence-corrected chi connectivity index (χ2v) is 11.0. The van der Waals surface area contributed by atoms with Crippen LogP contribution in [0.2, 0.25) is 5.02 Å². The van der Waals surface area contributed by atoms with Crippen molar-refractivity contribution in [2.24, 2.45) is 0 Å². The number of hydrogen-bond acceptors (Lipinski definition) is 5. The molecule has 4 N–H and O–H groups in total. The zero-order valence-corrected chi connectivity index (χ0v) is 22.7. The number of H-pyrrole nitrogens is 1. The van der Waals surface area contributed by atoms with E-state index in [0.29, 0.717) is 47.6 Å².